The van der Waals surface area contributed by atoms with E-state index in [4.69, 9.17) is 14.2 Å². The van der Waals surface area contributed by atoms with Crippen molar-refractivity contribution in [3.63, 3.8) is 0 Å². The molecular weight excluding hydrogens is 660 g/mol. The van der Waals surface area contributed by atoms with Crippen LogP contribution in [0, 0.1) is 27.7 Å². The van der Waals surface area contributed by atoms with Crippen LogP contribution in [0.5, 0.6) is 23.0 Å². The van der Waals surface area contributed by atoms with Crippen LogP contribution in [0.4, 0.5) is 0 Å². The zero-order valence-electron chi connectivity index (χ0n) is 19.1. The van der Waals surface area contributed by atoms with Gasteiger partial charge in [0.2, 0.25) is 0 Å². The van der Waals surface area contributed by atoms with Crippen molar-refractivity contribution >= 4 is 21.9 Å². The summed E-state index contributed by atoms with van der Waals surface area (Å²) in [5, 5.41) is 10.2. The molecule has 3 N–H and O–H groups in total. The van der Waals surface area contributed by atoms with Crippen molar-refractivity contribution in [1.82, 2.24) is 0 Å². The molecule has 33 heavy (non-hydrogen) atoms. The van der Waals surface area contributed by atoms with Crippen molar-refractivity contribution in [1.29, 1.82) is 0 Å². The number of rotatable bonds is 6. The van der Waals surface area contributed by atoms with E-state index in [1.54, 1.807) is 32.9 Å². The smallest absolute Gasteiger partial charge is 0.347 e. The molecule has 0 fully saturated rings. The van der Waals surface area contributed by atoms with E-state index >= 15 is 0 Å². The van der Waals surface area contributed by atoms with E-state index in [1.165, 1.54) is 7.11 Å². The summed E-state index contributed by atoms with van der Waals surface area (Å²) in [4.78, 5) is 13.1. The number of phenolic OH excluding ortho intramolecular Hbond substituents is 1. The van der Waals surface area contributed by atoms with E-state index in [0.29, 0.717) is 56.1 Å². The fourth-order valence-electron chi connectivity index (χ4n) is 3.30. The zero-order valence-corrected chi connectivity index (χ0v) is 23.6. The number of carbonyl (C=O) groups is 1. The number of benzene rings is 3. The molecule has 0 saturated carbocycles. The van der Waals surface area contributed by atoms with Gasteiger partial charge in [-0.1, -0.05) is 30.3 Å². The minimum absolute atomic E-state index is 0. The van der Waals surface area contributed by atoms with E-state index in [2.05, 4.69) is 15.9 Å². The number of hydrogen-bond donors (Lipinski definition) is 1. The van der Waals surface area contributed by atoms with Gasteiger partial charge in [-0.25, -0.2) is 4.79 Å². The number of aryl methyl sites for hydroxylation is 1. The predicted octanol–water partition coefficient (Wildman–Crippen LogP) is 5.37. The van der Waals surface area contributed by atoms with Gasteiger partial charge in [0, 0.05) is 32.7 Å². The topological polar surface area (TPSA) is 96.5 Å². The molecule has 0 amide bonds. The molecule has 0 bridgehead atoms. The average molecular weight is 687 g/mol. The van der Waals surface area contributed by atoms with E-state index in [1.807, 2.05) is 37.3 Å². The van der Waals surface area contributed by atoms with Crippen LogP contribution in [0.1, 0.15) is 38.2 Å². The van der Waals surface area contributed by atoms with E-state index in [0.717, 1.165) is 5.56 Å². The summed E-state index contributed by atoms with van der Waals surface area (Å²) >= 11 is 3.44. The number of ether oxygens (including phenoxy) is 3. The molecule has 0 heterocycles. The Morgan fingerprint density at radius 3 is 2.24 bits per heavy atom. The zero-order chi connectivity index (χ0) is 22.7. The van der Waals surface area contributed by atoms with E-state index < -0.39 is 5.97 Å². The molecule has 0 unspecified atom stereocenters. The second kappa shape index (κ2) is 12.2. The Morgan fingerprint density at radius 1 is 1.00 bits per heavy atom. The number of aromatic hydroxyl groups is 1. The molecule has 0 aliphatic carbocycles. The summed E-state index contributed by atoms with van der Waals surface area (Å²) in [6.07, 6.45) is 0. The van der Waals surface area contributed by atoms with Gasteiger partial charge in [0.25, 0.3) is 0 Å². The van der Waals surface area contributed by atoms with Gasteiger partial charge >= 0.3 is 5.97 Å². The molecule has 176 valence electrons. The Balaban J connectivity index is 0.00000272. The number of halogens is 1. The maximum atomic E-state index is 13.1. The van der Waals surface area contributed by atoms with Gasteiger partial charge in [-0.3, -0.25) is 0 Å². The summed E-state index contributed by atoms with van der Waals surface area (Å²) in [7, 11) is 1.50. The van der Waals surface area contributed by atoms with Crippen LogP contribution in [0.2, 0.25) is 0 Å². The van der Waals surface area contributed by atoms with Crippen molar-refractivity contribution in [3.05, 3.63) is 80.3 Å². The van der Waals surface area contributed by atoms with Crippen LogP contribution in [0.15, 0.2) is 46.9 Å². The molecule has 3 rings (SSSR count). The van der Waals surface area contributed by atoms with Gasteiger partial charge in [0.15, 0.2) is 0 Å². The van der Waals surface area contributed by atoms with Crippen LogP contribution in [0.25, 0.3) is 0 Å². The Bertz CT molecular complexity index is 1100. The van der Waals surface area contributed by atoms with E-state index in [9.17, 15) is 9.90 Å². The molecule has 6 nitrogen and oxygen atoms in total. The van der Waals surface area contributed by atoms with Gasteiger partial charge in [-0.15, -0.1) is 0 Å². The third-order valence-corrected chi connectivity index (χ3v) is 6.24. The third-order valence-electron chi connectivity index (χ3n) is 5.28. The normalized spacial score (nSPS) is 10.0. The third kappa shape index (κ3) is 6.17. The van der Waals surface area contributed by atoms with Crippen LogP contribution in [-0.4, -0.2) is 23.7 Å². The standard InChI is InChI=1S/C25H25BrO5.H2O.W/c1-14-11-19(30-13-18-9-7-6-8-10-18)12-20(29-5)21(14)25(28)31-24-16(3)15(2)23(27)17(4)22(24)26;;/h6-12,27H,13H2,1-5H3;1H2;. The van der Waals surface area contributed by atoms with Crippen molar-refractivity contribution < 1.29 is 50.7 Å². The average Bonchev–Trinajstić information content (AvgIpc) is 2.77. The SMILES string of the molecule is COc1cc(OCc2ccccc2)cc(C)c1C(=O)Oc1c(C)c(C)c(O)c(C)c1Br.O.[W]. The maximum Gasteiger partial charge on any atom is 0.347 e. The summed E-state index contributed by atoms with van der Waals surface area (Å²) in [5.41, 5.74) is 4.00. The summed E-state index contributed by atoms with van der Waals surface area (Å²) < 4.78 is 17.7. The van der Waals surface area contributed by atoms with Gasteiger partial charge in [0.1, 0.15) is 35.2 Å². The van der Waals surface area contributed by atoms with Crippen LogP contribution >= 0.6 is 15.9 Å². The molecule has 3 aromatic rings. The second-order valence-corrected chi connectivity index (χ2v) is 8.14. The van der Waals surface area contributed by atoms with Crippen LogP contribution in [-0.2, 0) is 27.7 Å². The monoisotopic (exact) mass is 686 g/mol. The first kappa shape index (κ1) is 28.7. The van der Waals surface area contributed by atoms with Crippen molar-refractivity contribution in [2.24, 2.45) is 0 Å². The van der Waals surface area contributed by atoms with Gasteiger partial charge in [-0.05, 0) is 71.9 Å². The molecular formula is C25H27BrO6W. The first-order valence-electron chi connectivity index (χ1n) is 9.80. The minimum Gasteiger partial charge on any atom is -0.507 e. The fourth-order valence-corrected chi connectivity index (χ4v) is 3.87. The molecule has 8 heteroatoms. The number of hydrogen-bond acceptors (Lipinski definition) is 5. The molecule has 3 aromatic carbocycles. The molecule has 0 atom stereocenters. The summed E-state index contributed by atoms with van der Waals surface area (Å²) in [6, 6.07) is 13.3. The quantitative estimate of drug-likeness (QED) is 0.278. The maximum absolute atomic E-state index is 13.1. The van der Waals surface area contributed by atoms with Gasteiger partial charge in [0.05, 0.1) is 11.6 Å². The number of phenols is 1. The van der Waals surface area contributed by atoms with E-state index in [-0.39, 0.29) is 32.3 Å². The molecule has 0 radical (unpaired) electrons. The van der Waals surface area contributed by atoms with Crippen LogP contribution < -0.4 is 14.2 Å². The molecule has 0 saturated heterocycles. The Labute approximate surface area is 216 Å². The molecule has 0 spiro atoms. The molecule has 0 aliphatic heterocycles. The fraction of sp³-hybridized carbons (Fsp3) is 0.240. The summed E-state index contributed by atoms with van der Waals surface area (Å²) in [6.45, 7) is 7.56. The summed E-state index contributed by atoms with van der Waals surface area (Å²) in [5.74, 6) is 0.983. The first-order valence-corrected chi connectivity index (χ1v) is 10.6. The first-order chi connectivity index (χ1) is 14.7. The largest absolute Gasteiger partial charge is 0.507 e. The van der Waals surface area contributed by atoms with Crippen molar-refractivity contribution in [3.8, 4) is 23.0 Å². The Morgan fingerprint density at radius 2 is 1.64 bits per heavy atom. The number of esters is 1. The van der Waals surface area contributed by atoms with Gasteiger partial charge in [-0.2, -0.15) is 0 Å². The molecule has 0 aromatic heterocycles. The number of methoxy groups -OCH3 is 1. The van der Waals surface area contributed by atoms with Crippen molar-refractivity contribution in [2.75, 3.05) is 7.11 Å². The second-order valence-electron chi connectivity index (χ2n) is 7.35. The van der Waals surface area contributed by atoms with Gasteiger partial charge < -0.3 is 24.8 Å². The van der Waals surface area contributed by atoms with Crippen molar-refractivity contribution in [2.45, 2.75) is 34.3 Å². The molecule has 0 aliphatic rings. The Hall–Kier alpha value is -2.34. The Kier molecular flexibility index (Phi) is 10.6. The minimum atomic E-state index is -0.544. The van der Waals surface area contributed by atoms with Crippen LogP contribution in [0.3, 0.4) is 0 Å². The predicted molar refractivity (Wildman–Crippen MR) is 127 cm³/mol. The number of carbonyl (C=O) groups excluding carboxylic acids is 1.